The fourth-order valence-electron chi connectivity index (χ4n) is 3.13. The molecule has 1 unspecified atom stereocenters. The summed E-state index contributed by atoms with van der Waals surface area (Å²) in [7, 11) is 1.65. The van der Waals surface area contributed by atoms with Gasteiger partial charge in [-0.2, -0.15) is 5.10 Å². The van der Waals surface area contributed by atoms with Crippen molar-refractivity contribution in [3.05, 3.63) is 16.4 Å². The standard InChI is InChI=1S/C14H23BrN2O3/c1-12(2)9-14(18,13(3,4)20-12)11-10(15)8-16-17(11)6-7-19-5/h8,18H,6-7,9H2,1-5H3. The van der Waals surface area contributed by atoms with Gasteiger partial charge in [0, 0.05) is 13.5 Å². The van der Waals surface area contributed by atoms with Crippen molar-refractivity contribution in [3.8, 4) is 0 Å². The molecule has 5 nitrogen and oxygen atoms in total. The molecule has 0 spiro atoms. The number of hydrogen-bond acceptors (Lipinski definition) is 4. The molecule has 114 valence electrons. The molecule has 1 aromatic heterocycles. The number of nitrogens with zero attached hydrogens (tertiary/aromatic N) is 2. The van der Waals surface area contributed by atoms with Crippen LogP contribution in [0.25, 0.3) is 0 Å². The van der Waals surface area contributed by atoms with Gasteiger partial charge in [-0.05, 0) is 43.6 Å². The lowest BCUT2D eigenvalue weighted by molar-refractivity contribution is -0.133. The van der Waals surface area contributed by atoms with Gasteiger partial charge in [0.05, 0.1) is 40.7 Å². The first-order chi connectivity index (χ1) is 9.13. The molecule has 6 heteroatoms. The summed E-state index contributed by atoms with van der Waals surface area (Å²) in [5.74, 6) is 0. The summed E-state index contributed by atoms with van der Waals surface area (Å²) in [4.78, 5) is 0. The molecule has 0 amide bonds. The molecule has 1 aromatic rings. The summed E-state index contributed by atoms with van der Waals surface area (Å²) in [5, 5.41) is 15.6. The van der Waals surface area contributed by atoms with E-state index >= 15 is 0 Å². The van der Waals surface area contributed by atoms with E-state index in [0.717, 1.165) is 10.2 Å². The summed E-state index contributed by atoms with van der Waals surface area (Å²) in [6.07, 6.45) is 2.23. The third-order valence-corrected chi connectivity index (χ3v) is 4.48. The molecular formula is C14H23BrN2O3. The van der Waals surface area contributed by atoms with Gasteiger partial charge in [-0.25, -0.2) is 0 Å². The highest BCUT2D eigenvalue weighted by Gasteiger charge is 2.59. The van der Waals surface area contributed by atoms with Crippen molar-refractivity contribution in [1.29, 1.82) is 0 Å². The van der Waals surface area contributed by atoms with Crippen LogP contribution >= 0.6 is 15.9 Å². The normalized spacial score (nSPS) is 27.9. The van der Waals surface area contributed by atoms with Crippen molar-refractivity contribution < 1.29 is 14.6 Å². The molecule has 0 aromatic carbocycles. The molecule has 0 bridgehead atoms. The van der Waals surface area contributed by atoms with E-state index in [-0.39, 0.29) is 5.60 Å². The Hall–Kier alpha value is -0.430. The van der Waals surface area contributed by atoms with Crippen molar-refractivity contribution >= 4 is 15.9 Å². The molecule has 2 heterocycles. The van der Waals surface area contributed by atoms with E-state index < -0.39 is 11.2 Å². The van der Waals surface area contributed by atoms with Gasteiger partial charge in [-0.3, -0.25) is 4.68 Å². The van der Waals surface area contributed by atoms with Gasteiger partial charge in [-0.1, -0.05) is 0 Å². The predicted molar refractivity (Wildman–Crippen MR) is 79.6 cm³/mol. The topological polar surface area (TPSA) is 56.5 Å². The second kappa shape index (κ2) is 5.09. The van der Waals surface area contributed by atoms with Crippen LogP contribution in [0.15, 0.2) is 10.7 Å². The van der Waals surface area contributed by atoms with Crippen LogP contribution in [0, 0.1) is 0 Å². The highest BCUT2D eigenvalue weighted by molar-refractivity contribution is 9.10. The Morgan fingerprint density at radius 2 is 2.10 bits per heavy atom. The van der Waals surface area contributed by atoms with E-state index in [1.807, 2.05) is 27.7 Å². The molecular weight excluding hydrogens is 324 g/mol. The first-order valence-corrected chi connectivity index (χ1v) is 7.55. The first-order valence-electron chi connectivity index (χ1n) is 6.76. The average molecular weight is 347 g/mol. The molecule has 1 aliphatic rings. The fraction of sp³-hybridized carbons (Fsp3) is 0.786. The van der Waals surface area contributed by atoms with Gasteiger partial charge < -0.3 is 14.6 Å². The van der Waals surface area contributed by atoms with E-state index in [0.29, 0.717) is 19.6 Å². The second-order valence-corrected chi connectivity index (χ2v) is 7.32. The van der Waals surface area contributed by atoms with Crippen LogP contribution < -0.4 is 0 Å². The number of aromatic nitrogens is 2. The van der Waals surface area contributed by atoms with Gasteiger partial charge in [0.2, 0.25) is 0 Å². The maximum Gasteiger partial charge on any atom is 0.138 e. The molecule has 1 fully saturated rings. The number of methoxy groups -OCH3 is 1. The Balaban J connectivity index is 2.47. The largest absolute Gasteiger partial charge is 0.383 e. The zero-order valence-corrected chi connectivity index (χ0v) is 14.3. The molecule has 1 saturated heterocycles. The number of hydrogen-bond donors (Lipinski definition) is 1. The number of rotatable bonds is 4. The summed E-state index contributed by atoms with van der Waals surface area (Å²) >= 11 is 3.50. The Morgan fingerprint density at radius 1 is 1.45 bits per heavy atom. The summed E-state index contributed by atoms with van der Waals surface area (Å²) in [6, 6.07) is 0. The van der Waals surface area contributed by atoms with Crippen LogP contribution in [-0.2, 0) is 21.6 Å². The zero-order chi connectivity index (χ0) is 15.2. The van der Waals surface area contributed by atoms with E-state index in [2.05, 4.69) is 21.0 Å². The van der Waals surface area contributed by atoms with Crippen molar-refractivity contribution in [2.75, 3.05) is 13.7 Å². The highest BCUT2D eigenvalue weighted by Crippen LogP contribution is 2.52. The molecule has 1 atom stereocenters. The Bertz CT molecular complexity index is 499. The molecule has 0 radical (unpaired) electrons. The number of ether oxygens (including phenoxy) is 2. The molecule has 1 aliphatic heterocycles. The zero-order valence-electron chi connectivity index (χ0n) is 12.7. The first kappa shape index (κ1) is 15.9. The van der Waals surface area contributed by atoms with Gasteiger partial charge in [0.15, 0.2) is 0 Å². The molecule has 0 aliphatic carbocycles. The van der Waals surface area contributed by atoms with E-state index in [4.69, 9.17) is 9.47 Å². The lowest BCUT2D eigenvalue weighted by Crippen LogP contribution is -2.45. The van der Waals surface area contributed by atoms with Gasteiger partial charge in [0.25, 0.3) is 0 Å². The third kappa shape index (κ3) is 2.54. The maximum atomic E-state index is 11.3. The number of halogens is 1. The van der Waals surface area contributed by atoms with Crippen molar-refractivity contribution in [2.45, 2.75) is 57.5 Å². The van der Waals surface area contributed by atoms with Crippen LogP contribution in [0.3, 0.4) is 0 Å². The molecule has 1 N–H and O–H groups in total. The van der Waals surface area contributed by atoms with E-state index in [1.165, 1.54) is 0 Å². The van der Waals surface area contributed by atoms with Crippen LogP contribution in [0.2, 0.25) is 0 Å². The molecule has 2 rings (SSSR count). The molecule has 20 heavy (non-hydrogen) atoms. The quantitative estimate of drug-likeness (QED) is 0.909. The monoisotopic (exact) mass is 346 g/mol. The fourth-order valence-corrected chi connectivity index (χ4v) is 3.75. The predicted octanol–water partition coefficient (Wildman–Crippen LogP) is 2.46. The highest BCUT2D eigenvalue weighted by atomic mass is 79.9. The SMILES string of the molecule is COCCn1ncc(Br)c1C1(O)CC(C)(C)OC1(C)C. The summed E-state index contributed by atoms with van der Waals surface area (Å²) in [5.41, 5.74) is -1.41. The van der Waals surface area contributed by atoms with Crippen molar-refractivity contribution in [3.63, 3.8) is 0 Å². The van der Waals surface area contributed by atoms with Crippen LogP contribution in [0.1, 0.15) is 39.8 Å². The minimum Gasteiger partial charge on any atom is -0.383 e. The van der Waals surface area contributed by atoms with Crippen LogP contribution in [0.4, 0.5) is 0 Å². The maximum absolute atomic E-state index is 11.3. The van der Waals surface area contributed by atoms with Crippen LogP contribution in [0.5, 0.6) is 0 Å². The van der Waals surface area contributed by atoms with E-state index in [9.17, 15) is 5.11 Å². The second-order valence-electron chi connectivity index (χ2n) is 6.47. The van der Waals surface area contributed by atoms with Gasteiger partial charge >= 0.3 is 0 Å². The lowest BCUT2D eigenvalue weighted by Gasteiger charge is -2.35. The van der Waals surface area contributed by atoms with Crippen molar-refractivity contribution in [1.82, 2.24) is 9.78 Å². The van der Waals surface area contributed by atoms with Gasteiger partial charge in [-0.15, -0.1) is 0 Å². The Morgan fingerprint density at radius 3 is 2.60 bits per heavy atom. The van der Waals surface area contributed by atoms with Gasteiger partial charge in [0.1, 0.15) is 5.60 Å². The number of aliphatic hydroxyl groups is 1. The Kier molecular flexibility index (Phi) is 4.06. The summed E-state index contributed by atoms with van der Waals surface area (Å²) < 4.78 is 13.7. The minimum absolute atomic E-state index is 0.381. The van der Waals surface area contributed by atoms with Crippen LogP contribution in [-0.4, -0.2) is 39.8 Å². The van der Waals surface area contributed by atoms with Crippen molar-refractivity contribution in [2.24, 2.45) is 0 Å². The Labute approximate surface area is 128 Å². The third-order valence-electron chi connectivity index (χ3n) is 3.90. The smallest absolute Gasteiger partial charge is 0.138 e. The average Bonchev–Trinajstić information content (AvgIpc) is 2.72. The summed E-state index contributed by atoms with van der Waals surface area (Å²) in [6.45, 7) is 8.97. The van der Waals surface area contributed by atoms with E-state index in [1.54, 1.807) is 18.0 Å². The lowest BCUT2D eigenvalue weighted by atomic mass is 9.80. The molecule has 0 saturated carbocycles. The minimum atomic E-state index is -1.10.